The molecule has 0 heterocycles. The van der Waals surface area contributed by atoms with Gasteiger partial charge in [0, 0.05) is 22.3 Å². The lowest BCUT2D eigenvalue weighted by molar-refractivity contribution is -0.384. The normalized spacial score (nSPS) is 16.6. The van der Waals surface area contributed by atoms with Crippen LogP contribution in [0.4, 0.5) is 15.8 Å². The number of nitro groups is 1. The summed E-state index contributed by atoms with van der Waals surface area (Å²) >= 11 is 3.34. The van der Waals surface area contributed by atoms with Crippen molar-refractivity contribution in [2.75, 3.05) is 5.32 Å². The summed E-state index contributed by atoms with van der Waals surface area (Å²) in [7, 11) is 0. The van der Waals surface area contributed by atoms with Crippen molar-refractivity contribution >= 4 is 27.3 Å². The molecule has 1 aliphatic carbocycles. The van der Waals surface area contributed by atoms with Crippen LogP contribution < -0.4 is 5.32 Å². The number of nitrogens with zero attached hydrogens (tertiary/aromatic N) is 1. The maximum Gasteiger partial charge on any atom is 0.270 e. The molecule has 2 aromatic carbocycles. The van der Waals surface area contributed by atoms with E-state index in [9.17, 15) is 14.5 Å². The van der Waals surface area contributed by atoms with Gasteiger partial charge in [-0.25, -0.2) is 4.39 Å². The Kier molecular flexibility index (Phi) is 3.63. The van der Waals surface area contributed by atoms with Crippen LogP contribution in [0, 0.1) is 15.9 Å². The van der Waals surface area contributed by atoms with Crippen LogP contribution in [0.3, 0.4) is 0 Å². The van der Waals surface area contributed by atoms with E-state index in [2.05, 4.69) is 21.2 Å². The molecule has 0 saturated heterocycles. The van der Waals surface area contributed by atoms with Gasteiger partial charge in [-0.2, -0.15) is 0 Å². The Hall–Kier alpha value is -1.95. The van der Waals surface area contributed by atoms with Gasteiger partial charge < -0.3 is 5.32 Å². The SMILES string of the molecule is O=[N+]([O-])c1ccc(NC2CCc3c(F)cccc32)c(Br)c1. The highest BCUT2D eigenvalue weighted by Gasteiger charge is 2.25. The van der Waals surface area contributed by atoms with Gasteiger partial charge in [0.05, 0.1) is 11.0 Å². The van der Waals surface area contributed by atoms with Crippen LogP contribution >= 0.6 is 15.9 Å². The Balaban J connectivity index is 1.86. The first-order valence-electron chi connectivity index (χ1n) is 6.54. The lowest BCUT2D eigenvalue weighted by Gasteiger charge is -2.16. The van der Waals surface area contributed by atoms with E-state index in [0.717, 1.165) is 23.2 Å². The molecule has 0 saturated carbocycles. The summed E-state index contributed by atoms with van der Waals surface area (Å²) in [6, 6.07) is 9.70. The summed E-state index contributed by atoms with van der Waals surface area (Å²) in [6.45, 7) is 0. The lowest BCUT2D eigenvalue weighted by Crippen LogP contribution is -2.07. The van der Waals surface area contributed by atoms with E-state index in [4.69, 9.17) is 0 Å². The first-order chi connectivity index (χ1) is 10.1. The Bertz CT molecular complexity index is 721. The Morgan fingerprint density at radius 1 is 1.33 bits per heavy atom. The van der Waals surface area contributed by atoms with Gasteiger partial charge in [-0.3, -0.25) is 10.1 Å². The van der Waals surface area contributed by atoms with E-state index in [1.54, 1.807) is 12.1 Å². The highest BCUT2D eigenvalue weighted by Crippen LogP contribution is 2.37. The summed E-state index contributed by atoms with van der Waals surface area (Å²) in [5.74, 6) is -0.167. The highest BCUT2D eigenvalue weighted by atomic mass is 79.9. The molecule has 1 atom stereocenters. The largest absolute Gasteiger partial charge is 0.377 e. The van der Waals surface area contributed by atoms with Gasteiger partial charge in [-0.1, -0.05) is 12.1 Å². The van der Waals surface area contributed by atoms with Gasteiger partial charge in [0.1, 0.15) is 5.82 Å². The summed E-state index contributed by atoms with van der Waals surface area (Å²) in [5, 5.41) is 14.1. The van der Waals surface area contributed by atoms with Crippen LogP contribution in [0.1, 0.15) is 23.6 Å². The summed E-state index contributed by atoms with van der Waals surface area (Å²) in [5.41, 5.74) is 2.52. The third-order valence-corrected chi connectivity index (χ3v) is 4.36. The van der Waals surface area contributed by atoms with Crippen molar-refractivity contribution in [3.63, 3.8) is 0 Å². The number of non-ortho nitro benzene ring substituents is 1. The number of nitro benzene ring substituents is 1. The zero-order valence-corrected chi connectivity index (χ0v) is 12.6. The molecule has 4 nitrogen and oxygen atoms in total. The van der Waals surface area contributed by atoms with Gasteiger partial charge in [0.25, 0.3) is 5.69 Å². The third-order valence-electron chi connectivity index (χ3n) is 3.71. The molecule has 0 fully saturated rings. The van der Waals surface area contributed by atoms with Gasteiger partial charge >= 0.3 is 0 Å². The van der Waals surface area contributed by atoms with E-state index >= 15 is 0 Å². The smallest absolute Gasteiger partial charge is 0.270 e. The molecule has 0 amide bonds. The van der Waals surface area contributed by atoms with Crippen LogP contribution in [0.2, 0.25) is 0 Å². The number of anilines is 1. The van der Waals surface area contributed by atoms with Crippen LogP contribution in [-0.4, -0.2) is 4.92 Å². The molecule has 0 spiro atoms. The van der Waals surface area contributed by atoms with Gasteiger partial charge in [-0.15, -0.1) is 0 Å². The molecular formula is C15H12BrFN2O2. The second-order valence-electron chi connectivity index (χ2n) is 4.96. The summed E-state index contributed by atoms with van der Waals surface area (Å²) in [6.07, 6.45) is 1.50. The van der Waals surface area contributed by atoms with Crippen molar-refractivity contribution in [1.29, 1.82) is 0 Å². The molecule has 0 aliphatic heterocycles. The first kappa shape index (κ1) is 14.0. The minimum Gasteiger partial charge on any atom is -0.377 e. The molecule has 0 aromatic heterocycles. The highest BCUT2D eigenvalue weighted by molar-refractivity contribution is 9.10. The second kappa shape index (κ2) is 5.44. The molecule has 0 bridgehead atoms. The maximum absolute atomic E-state index is 13.7. The lowest BCUT2D eigenvalue weighted by atomic mass is 10.1. The van der Waals surface area contributed by atoms with Gasteiger partial charge in [-0.05, 0) is 52.0 Å². The van der Waals surface area contributed by atoms with Crippen LogP contribution in [-0.2, 0) is 6.42 Å². The fourth-order valence-electron chi connectivity index (χ4n) is 2.68. The first-order valence-corrected chi connectivity index (χ1v) is 7.33. The molecule has 3 rings (SSSR count). The standard InChI is InChI=1S/C15H12BrFN2O2/c16-12-8-9(19(20)21)4-6-15(12)18-14-7-5-10-11(14)2-1-3-13(10)17/h1-4,6,8,14,18H,5,7H2. The van der Waals surface area contributed by atoms with Gasteiger partial charge in [0.15, 0.2) is 0 Å². The van der Waals surface area contributed by atoms with Crippen LogP contribution in [0.25, 0.3) is 0 Å². The number of halogens is 2. The van der Waals surface area contributed by atoms with E-state index < -0.39 is 4.92 Å². The van der Waals surface area contributed by atoms with Crippen molar-refractivity contribution < 1.29 is 9.31 Å². The zero-order chi connectivity index (χ0) is 15.0. The van der Waals surface area contributed by atoms with Crippen molar-refractivity contribution in [1.82, 2.24) is 0 Å². The van der Waals surface area contributed by atoms with E-state index in [1.807, 2.05) is 6.07 Å². The van der Waals surface area contributed by atoms with Crippen molar-refractivity contribution in [2.45, 2.75) is 18.9 Å². The Labute approximate surface area is 129 Å². The van der Waals surface area contributed by atoms with Crippen LogP contribution in [0.15, 0.2) is 40.9 Å². The van der Waals surface area contributed by atoms with Crippen molar-refractivity contribution in [3.8, 4) is 0 Å². The van der Waals surface area contributed by atoms with Gasteiger partial charge in [0.2, 0.25) is 0 Å². The number of hydrogen-bond donors (Lipinski definition) is 1. The van der Waals surface area contributed by atoms with Crippen molar-refractivity contribution in [2.24, 2.45) is 0 Å². The van der Waals surface area contributed by atoms with Crippen molar-refractivity contribution in [3.05, 3.63) is 67.9 Å². The van der Waals surface area contributed by atoms with E-state index in [-0.39, 0.29) is 17.5 Å². The number of benzene rings is 2. The molecule has 108 valence electrons. The predicted molar refractivity (Wildman–Crippen MR) is 81.9 cm³/mol. The number of fused-ring (bicyclic) bond motifs is 1. The number of rotatable bonds is 3. The average molecular weight is 351 g/mol. The number of nitrogens with one attached hydrogen (secondary N) is 1. The molecule has 6 heteroatoms. The fourth-order valence-corrected chi connectivity index (χ4v) is 3.16. The summed E-state index contributed by atoms with van der Waals surface area (Å²) in [4.78, 5) is 10.3. The molecule has 1 unspecified atom stereocenters. The van der Waals surface area contributed by atoms with E-state index in [1.165, 1.54) is 18.2 Å². The molecular weight excluding hydrogens is 339 g/mol. The van der Waals surface area contributed by atoms with Crippen LogP contribution in [0.5, 0.6) is 0 Å². The Morgan fingerprint density at radius 2 is 2.14 bits per heavy atom. The molecule has 1 N–H and O–H groups in total. The molecule has 1 aliphatic rings. The summed E-state index contributed by atoms with van der Waals surface area (Å²) < 4.78 is 14.3. The molecule has 2 aromatic rings. The minimum absolute atomic E-state index is 0.0217. The average Bonchev–Trinajstić information content (AvgIpc) is 2.85. The fraction of sp³-hybridized carbons (Fsp3) is 0.200. The minimum atomic E-state index is -0.436. The third kappa shape index (κ3) is 2.63. The maximum atomic E-state index is 13.7. The van der Waals surface area contributed by atoms with E-state index in [0.29, 0.717) is 10.9 Å². The zero-order valence-electron chi connectivity index (χ0n) is 11.0. The monoisotopic (exact) mass is 350 g/mol. The topological polar surface area (TPSA) is 55.2 Å². The quantitative estimate of drug-likeness (QED) is 0.650. The molecule has 21 heavy (non-hydrogen) atoms. The second-order valence-corrected chi connectivity index (χ2v) is 5.82. The number of hydrogen-bond acceptors (Lipinski definition) is 3. The molecule has 0 radical (unpaired) electrons. The Morgan fingerprint density at radius 3 is 2.86 bits per heavy atom. The predicted octanol–water partition coefficient (Wildman–Crippen LogP) is 4.60.